The molecule has 0 atom stereocenters. The molecule has 0 aliphatic rings. The first kappa shape index (κ1) is 15.4. The van der Waals surface area contributed by atoms with Crippen molar-refractivity contribution in [2.75, 3.05) is 13.2 Å². The molecule has 0 aliphatic heterocycles. The van der Waals surface area contributed by atoms with Gasteiger partial charge in [-0.15, -0.1) is 0 Å². The van der Waals surface area contributed by atoms with Gasteiger partial charge in [-0.2, -0.15) is 0 Å². The van der Waals surface area contributed by atoms with Crippen LogP contribution in [0, 0.1) is 13.8 Å². The molecule has 21 heavy (non-hydrogen) atoms. The third kappa shape index (κ3) is 4.23. The predicted octanol–water partition coefficient (Wildman–Crippen LogP) is 3.77. The first-order chi connectivity index (χ1) is 10.1. The Bertz CT molecular complexity index is 620. The van der Waals surface area contributed by atoms with E-state index in [1.54, 1.807) is 24.3 Å². The number of rotatable bonds is 5. The summed E-state index contributed by atoms with van der Waals surface area (Å²) < 4.78 is 5.74. The third-order valence-electron chi connectivity index (χ3n) is 3.13. The largest absolute Gasteiger partial charge is 0.491 e. The van der Waals surface area contributed by atoms with E-state index in [1.807, 2.05) is 32.0 Å². The number of carbonyl (C=O) groups is 1. The second kappa shape index (κ2) is 7.14. The lowest BCUT2D eigenvalue weighted by Gasteiger charge is -2.12. The van der Waals surface area contributed by atoms with E-state index in [0.717, 1.165) is 16.9 Å². The molecule has 110 valence electrons. The minimum atomic E-state index is -0.150. The standard InChI is InChI=1S/C17H18ClNO2/c1-12-5-3-6-13(2)16(12)21-10-9-19-17(20)14-7-4-8-15(18)11-14/h3-8,11H,9-10H2,1-2H3,(H,19,20). The van der Waals surface area contributed by atoms with Crippen molar-refractivity contribution in [3.8, 4) is 5.75 Å². The van der Waals surface area contributed by atoms with Crippen LogP contribution in [0.25, 0.3) is 0 Å². The Hall–Kier alpha value is -2.00. The maximum absolute atomic E-state index is 11.9. The predicted molar refractivity (Wildman–Crippen MR) is 85.2 cm³/mol. The molecule has 0 bridgehead atoms. The number of hydrogen-bond acceptors (Lipinski definition) is 2. The smallest absolute Gasteiger partial charge is 0.251 e. The van der Waals surface area contributed by atoms with E-state index in [-0.39, 0.29) is 5.91 Å². The van der Waals surface area contributed by atoms with Crippen LogP contribution in [0.15, 0.2) is 42.5 Å². The summed E-state index contributed by atoms with van der Waals surface area (Å²) >= 11 is 5.86. The molecule has 3 nitrogen and oxygen atoms in total. The summed E-state index contributed by atoms with van der Waals surface area (Å²) in [5.74, 6) is 0.733. The fourth-order valence-electron chi connectivity index (χ4n) is 2.08. The van der Waals surface area contributed by atoms with E-state index in [0.29, 0.717) is 23.7 Å². The van der Waals surface area contributed by atoms with Crippen molar-refractivity contribution in [1.82, 2.24) is 5.32 Å². The van der Waals surface area contributed by atoms with Gasteiger partial charge in [0.1, 0.15) is 12.4 Å². The van der Waals surface area contributed by atoms with Gasteiger partial charge in [0.25, 0.3) is 5.91 Å². The van der Waals surface area contributed by atoms with Gasteiger partial charge in [-0.1, -0.05) is 35.9 Å². The highest BCUT2D eigenvalue weighted by Crippen LogP contribution is 2.21. The highest BCUT2D eigenvalue weighted by Gasteiger charge is 2.06. The van der Waals surface area contributed by atoms with Gasteiger partial charge in [0.15, 0.2) is 0 Å². The summed E-state index contributed by atoms with van der Waals surface area (Å²) in [6.07, 6.45) is 0. The topological polar surface area (TPSA) is 38.3 Å². The fraction of sp³-hybridized carbons (Fsp3) is 0.235. The van der Waals surface area contributed by atoms with Gasteiger partial charge in [0, 0.05) is 10.6 Å². The highest BCUT2D eigenvalue weighted by molar-refractivity contribution is 6.30. The van der Waals surface area contributed by atoms with E-state index in [4.69, 9.17) is 16.3 Å². The minimum absolute atomic E-state index is 0.150. The van der Waals surface area contributed by atoms with Crippen molar-refractivity contribution in [3.63, 3.8) is 0 Å². The van der Waals surface area contributed by atoms with Gasteiger partial charge in [0.2, 0.25) is 0 Å². The number of amides is 1. The molecule has 0 aromatic heterocycles. The fourth-order valence-corrected chi connectivity index (χ4v) is 2.27. The molecule has 2 aromatic carbocycles. The van der Waals surface area contributed by atoms with E-state index in [1.165, 1.54) is 0 Å². The Balaban J connectivity index is 1.84. The zero-order valence-corrected chi connectivity index (χ0v) is 12.9. The Kier molecular flexibility index (Phi) is 5.23. The monoisotopic (exact) mass is 303 g/mol. The Morgan fingerprint density at radius 1 is 1.14 bits per heavy atom. The summed E-state index contributed by atoms with van der Waals surface area (Å²) in [6.45, 7) is 4.89. The Labute approximate surface area is 129 Å². The average Bonchev–Trinajstić information content (AvgIpc) is 2.45. The zero-order valence-electron chi connectivity index (χ0n) is 12.2. The van der Waals surface area contributed by atoms with Crippen LogP contribution < -0.4 is 10.1 Å². The molecule has 0 heterocycles. The molecule has 2 rings (SSSR count). The van der Waals surface area contributed by atoms with Crippen molar-refractivity contribution in [3.05, 3.63) is 64.2 Å². The molecule has 2 aromatic rings. The molecule has 0 radical (unpaired) electrons. The molecule has 1 N–H and O–H groups in total. The van der Waals surface area contributed by atoms with Crippen LogP contribution in [-0.4, -0.2) is 19.1 Å². The summed E-state index contributed by atoms with van der Waals surface area (Å²) in [7, 11) is 0. The molecule has 0 fully saturated rings. The van der Waals surface area contributed by atoms with Gasteiger partial charge in [-0.05, 0) is 43.2 Å². The lowest BCUT2D eigenvalue weighted by atomic mass is 10.1. The molecule has 0 saturated carbocycles. The van der Waals surface area contributed by atoms with Crippen LogP contribution >= 0.6 is 11.6 Å². The molecule has 0 spiro atoms. The van der Waals surface area contributed by atoms with Gasteiger partial charge < -0.3 is 10.1 Å². The first-order valence-electron chi connectivity index (χ1n) is 6.80. The number of carbonyl (C=O) groups excluding carboxylic acids is 1. The van der Waals surface area contributed by atoms with Crippen molar-refractivity contribution < 1.29 is 9.53 Å². The van der Waals surface area contributed by atoms with Gasteiger partial charge in [-0.3, -0.25) is 4.79 Å². The molecule has 0 unspecified atom stereocenters. The van der Waals surface area contributed by atoms with Gasteiger partial charge in [0.05, 0.1) is 6.54 Å². The highest BCUT2D eigenvalue weighted by atomic mass is 35.5. The van der Waals surface area contributed by atoms with Crippen molar-refractivity contribution in [1.29, 1.82) is 0 Å². The minimum Gasteiger partial charge on any atom is -0.491 e. The lowest BCUT2D eigenvalue weighted by molar-refractivity contribution is 0.0947. The van der Waals surface area contributed by atoms with Crippen LogP contribution in [-0.2, 0) is 0 Å². The van der Waals surface area contributed by atoms with Gasteiger partial charge >= 0.3 is 0 Å². The van der Waals surface area contributed by atoms with Crippen LogP contribution in [0.2, 0.25) is 5.02 Å². The summed E-state index contributed by atoms with van der Waals surface area (Å²) in [6, 6.07) is 12.9. The van der Waals surface area contributed by atoms with Crippen LogP contribution in [0.5, 0.6) is 5.75 Å². The summed E-state index contributed by atoms with van der Waals surface area (Å²) in [4.78, 5) is 11.9. The van der Waals surface area contributed by atoms with Crippen LogP contribution in [0.1, 0.15) is 21.5 Å². The number of hydrogen-bond donors (Lipinski definition) is 1. The summed E-state index contributed by atoms with van der Waals surface area (Å²) in [5.41, 5.74) is 2.74. The number of para-hydroxylation sites is 1. The molecule has 1 amide bonds. The number of benzene rings is 2. The maximum atomic E-state index is 11.9. The Morgan fingerprint density at radius 3 is 2.48 bits per heavy atom. The van der Waals surface area contributed by atoms with E-state index < -0.39 is 0 Å². The molecule has 4 heteroatoms. The van der Waals surface area contributed by atoms with Crippen molar-refractivity contribution >= 4 is 17.5 Å². The second-order valence-corrected chi connectivity index (χ2v) is 5.27. The van der Waals surface area contributed by atoms with Crippen molar-refractivity contribution in [2.45, 2.75) is 13.8 Å². The number of halogens is 1. The summed E-state index contributed by atoms with van der Waals surface area (Å²) in [5, 5.41) is 3.36. The SMILES string of the molecule is Cc1cccc(C)c1OCCNC(=O)c1cccc(Cl)c1. The quantitative estimate of drug-likeness (QED) is 0.854. The second-order valence-electron chi connectivity index (χ2n) is 4.84. The average molecular weight is 304 g/mol. The van der Waals surface area contributed by atoms with E-state index >= 15 is 0 Å². The van der Waals surface area contributed by atoms with Crippen LogP contribution in [0.4, 0.5) is 0 Å². The molecular weight excluding hydrogens is 286 g/mol. The third-order valence-corrected chi connectivity index (χ3v) is 3.36. The van der Waals surface area contributed by atoms with Gasteiger partial charge in [-0.25, -0.2) is 0 Å². The number of aryl methyl sites for hydroxylation is 2. The number of nitrogens with one attached hydrogen (secondary N) is 1. The van der Waals surface area contributed by atoms with E-state index in [2.05, 4.69) is 5.32 Å². The molecular formula is C17H18ClNO2. The Morgan fingerprint density at radius 2 is 1.81 bits per heavy atom. The lowest BCUT2D eigenvalue weighted by Crippen LogP contribution is -2.28. The molecule has 0 saturated heterocycles. The zero-order chi connectivity index (χ0) is 15.2. The van der Waals surface area contributed by atoms with Crippen LogP contribution in [0.3, 0.4) is 0 Å². The molecule has 0 aliphatic carbocycles. The maximum Gasteiger partial charge on any atom is 0.251 e. The first-order valence-corrected chi connectivity index (χ1v) is 7.18. The number of ether oxygens (including phenoxy) is 1. The normalized spacial score (nSPS) is 10.2. The van der Waals surface area contributed by atoms with Crippen molar-refractivity contribution in [2.24, 2.45) is 0 Å². The van der Waals surface area contributed by atoms with E-state index in [9.17, 15) is 4.79 Å².